The molecule has 0 aromatic rings. The molecule has 1 aliphatic heterocycles. The summed E-state index contributed by atoms with van der Waals surface area (Å²) in [5, 5.41) is 3.30. The fourth-order valence-electron chi connectivity index (χ4n) is 3.21. The van der Waals surface area contributed by atoms with Gasteiger partial charge in [0.25, 0.3) is 0 Å². The van der Waals surface area contributed by atoms with E-state index >= 15 is 0 Å². The van der Waals surface area contributed by atoms with E-state index in [1.165, 1.54) is 12.8 Å². The van der Waals surface area contributed by atoms with Crippen LogP contribution in [0.3, 0.4) is 0 Å². The number of nitrogens with zero attached hydrogens (tertiary/aromatic N) is 3. The lowest BCUT2D eigenvalue weighted by atomic mass is 10.0. The first-order valence-corrected chi connectivity index (χ1v) is 9.80. The van der Waals surface area contributed by atoms with Crippen molar-refractivity contribution in [3.8, 4) is 12.3 Å². The lowest BCUT2D eigenvalue weighted by Gasteiger charge is -2.40. The molecule has 154 valence electrons. The summed E-state index contributed by atoms with van der Waals surface area (Å²) in [6.45, 7) is 11.6. The number of guanidine groups is 1. The van der Waals surface area contributed by atoms with E-state index in [1.54, 1.807) is 0 Å². The van der Waals surface area contributed by atoms with Crippen LogP contribution in [-0.4, -0.2) is 66.2 Å². The smallest absolute Gasteiger partial charge is 0.410 e. The van der Waals surface area contributed by atoms with Crippen LogP contribution < -0.4 is 5.32 Å². The van der Waals surface area contributed by atoms with Gasteiger partial charge >= 0.3 is 6.09 Å². The van der Waals surface area contributed by atoms with Gasteiger partial charge in [-0.1, -0.05) is 5.92 Å². The second kappa shape index (κ2) is 11.0. The van der Waals surface area contributed by atoms with Crippen LogP contribution in [0.2, 0.25) is 0 Å². The molecular weight excluding hydrogens is 455 g/mol. The number of piperidine rings is 1. The third kappa shape index (κ3) is 8.16. The lowest BCUT2D eigenvalue weighted by Crippen LogP contribution is -2.52. The van der Waals surface area contributed by atoms with Gasteiger partial charge < -0.3 is 19.9 Å². The molecule has 0 radical (unpaired) electrons. The highest BCUT2D eigenvalue weighted by Crippen LogP contribution is 2.32. The van der Waals surface area contributed by atoms with Gasteiger partial charge in [-0.05, 0) is 59.3 Å². The maximum Gasteiger partial charge on any atom is 0.410 e. The molecule has 0 atom stereocenters. The van der Waals surface area contributed by atoms with Crippen molar-refractivity contribution in [1.82, 2.24) is 15.1 Å². The Morgan fingerprint density at radius 3 is 2.41 bits per heavy atom. The molecule has 1 N–H and O–H groups in total. The standard InChI is InChI=1S/C20H34N4O2.HI/c1-6-12-22-18(21-7-2)23-13-10-17(11-14-23)24(15-16-8-9-16)19(25)26-20(3,4)5;/h1,16-17H,7-15H2,2-5H3,(H,21,22);1H. The van der Waals surface area contributed by atoms with E-state index in [0.29, 0.717) is 12.5 Å². The Morgan fingerprint density at radius 2 is 1.93 bits per heavy atom. The monoisotopic (exact) mass is 490 g/mol. The van der Waals surface area contributed by atoms with Crippen molar-refractivity contribution in [2.75, 3.05) is 32.7 Å². The van der Waals surface area contributed by atoms with Crippen molar-refractivity contribution >= 4 is 36.0 Å². The minimum atomic E-state index is -0.459. The van der Waals surface area contributed by atoms with Crippen molar-refractivity contribution in [3.05, 3.63) is 0 Å². The number of hydrogen-bond donors (Lipinski definition) is 1. The molecule has 2 rings (SSSR count). The number of halogens is 1. The number of ether oxygens (including phenoxy) is 1. The summed E-state index contributed by atoms with van der Waals surface area (Å²) in [4.78, 5) is 21.4. The summed E-state index contributed by atoms with van der Waals surface area (Å²) in [6.07, 6.45) is 9.46. The Kier molecular flexibility index (Phi) is 9.71. The molecule has 0 aromatic carbocycles. The van der Waals surface area contributed by atoms with Crippen molar-refractivity contribution in [2.24, 2.45) is 10.9 Å². The molecular formula is C20H35IN4O2. The third-order valence-corrected chi connectivity index (χ3v) is 4.64. The zero-order valence-electron chi connectivity index (χ0n) is 17.2. The first kappa shape index (κ1) is 23.9. The molecule has 1 heterocycles. The molecule has 2 fully saturated rings. The normalized spacial score (nSPS) is 18.3. The second-order valence-corrected chi connectivity index (χ2v) is 8.17. The molecule has 1 amide bonds. The van der Waals surface area contributed by atoms with E-state index in [-0.39, 0.29) is 36.1 Å². The Balaban J connectivity index is 0.00000364. The lowest BCUT2D eigenvalue weighted by molar-refractivity contribution is 0.00929. The molecule has 0 bridgehead atoms. The van der Waals surface area contributed by atoms with Gasteiger partial charge in [-0.2, -0.15) is 0 Å². The second-order valence-electron chi connectivity index (χ2n) is 8.17. The Morgan fingerprint density at radius 1 is 1.30 bits per heavy atom. The molecule has 0 aromatic heterocycles. The topological polar surface area (TPSA) is 57.2 Å². The largest absolute Gasteiger partial charge is 0.444 e. The summed E-state index contributed by atoms with van der Waals surface area (Å²) >= 11 is 0. The summed E-state index contributed by atoms with van der Waals surface area (Å²) < 4.78 is 5.66. The summed E-state index contributed by atoms with van der Waals surface area (Å²) in [5.74, 6) is 4.08. The van der Waals surface area contributed by atoms with Gasteiger partial charge in [0.1, 0.15) is 12.1 Å². The zero-order valence-corrected chi connectivity index (χ0v) is 19.5. The van der Waals surface area contributed by atoms with E-state index < -0.39 is 5.60 Å². The van der Waals surface area contributed by atoms with E-state index in [9.17, 15) is 4.79 Å². The van der Waals surface area contributed by atoms with Crippen LogP contribution in [0.4, 0.5) is 4.79 Å². The SMILES string of the molecule is C#CCN=C(NCC)N1CCC(N(CC2CC2)C(=O)OC(C)(C)C)CC1.I. The third-order valence-electron chi connectivity index (χ3n) is 4.64. The maximum atomic E-state index is 12.7. The maximum absolute atomic E-state index is 12.7. The average molecular weight is 490 g/mol. The highest BCUT2D eigenvalue weighted by atomic mass is 127. The summed E-state index contributed by atoms with van der Waals surface area (Å²) in [5.41, 5.74) is -0.459. The Bertz CT molecular complexity index is 541. The highest BCUT2D eigenvalue weighted by molar-refractivity contribution is 14.0. The first-order chi connectivity index (χ1) is 12.3. The molecule has 0 spiro atoms. The number of likely N-dealkylation sites (tertiary alicyclic amines) is 1. The van der Waals surface area contributed by atoms with Gasteiger partial charge in [0.05, 0.1) is 0 Å². The van der Waals surface area contributed by atoms with E-state index in [0.717, 1.165) is 45.0 Å². The number of carbonyl (C=O) groups excluding carboxylic acids is 1. The predicted octanol–water partition coefficient (Wildman–Crippen LogP) is 3.31. The minimum Gasteiger partial charge on any atom is -0.444 e. The molecule has 1 saturated heterocycles. The molecule has 6 nitrogen and oxygen atoms in total. The fraction of sp³-hybridized carbons (Fsp3) is 0.800. The van der Waals surface area contributed by atoms with Gasteiger partial charge in [-0.15, -0.1) is 30.4 Å². The predicted molar refractivity (Wildman–Crippen MR) is 120 cm³/mol. The van der Waals surface area contributed by atoms with Crippen LogP contribution in [0, 0.1) is 18.3 Å². The van der Waals surface area contributed by atoms with Gasteiger partial charge in [0, 0.05) is 32.2 Å². The van der Waals surface area contributed by atoms with Gasteiger partial charge in [-0.25, -0.2) is 9.79 Å². The van der Waals surface area contributed by atoms with Crippen molar-refractivity contribution in [2.45, 2.75) is 65.0 Å². The van der Waals surface area contributed by atoms with Crippen molar-refractivity contribution in [3.63, 3.8) is 0 Å². The number of terminal acetylenes is 1. The molecule has 1 aliphatic carbocycles. The van der Waals surface area contributed by atoms with Crippen molar-refractivity contribution in [1.29, 1.82) is 0 Å². The van der Waals surface area contributed by atoms with Gasteiger partial charge in [0.15, 0.2) is 5.96 Å². The number of rotatable bonds is 5. The first-order valence-electron chi connectivity index (χ1n) is 9.80. The van der Waals surface area contributed by atoms with Crippen molar-refractivity contribution < 1.29 is 9.53 Å². The minimum absolute atomic E-state index is 0. The van der Waals surface area contributed by atoms with Crippen LogP contribution >= 0.6 is 24.0 Å². The Hall–Kier alpha value is -1.17. The highest BCUT2D eigenvalue weighted by Gasteiger charge is 2.35. The van der Waals surface area contributed by atoms with E-state index in [2.05, 4.69) is 28.1 Å². The van der Waals surface area contributed by atoms with Crippen LogP contribution in [0.15, 0.2) is 4.99 Å². The molecule has 0 unspecified atom stereocenters. The number of nitrogens with one attached hydrogen (secondary N) is 1. The summed E-state index contributed by atoms with van der Waals surface area (Å²) in [6, 6.07) is 0.234. The molecule has 7 heteroatoms. The Labute approximate surface area is 181 Å². The number of aliphatic imine (C=N–C) groups is 1. The number of carbonyl (C=O) groups is 1. The zero-order chi connectivity index (χ0) is 19.2. The average Bonchev–Trinajstić information content (AvgIpc) is 3.39. The summed E-state index contributed by atoms with van der Waals surface area (Å²) in [7, 11) is 0. The fourth-order valence-corrected chi connectivity index (χ4v) is 3.21. The van der Waals surface area contributed by atoms with Gasteiger partial charge in [0.2, 0.25) is 0 Å². The quantitative estimate of drug-likeness (QED) is 0.278. The molecule has 1 saturated carbocycles. The number of amides is 1. The van der Waals surface area contributed by atoms with Crippen LogP contribution in [0.5, 0.6) is 0 Å². The molecule has 27 heavy (non-hydrogen) atoms. The molecule has 2 aliphatic rings. The van der Waals surface area contributed by atoms with Crippen LogP contribution in [-0.2, 0) is 4.74 Å². The van der Waals surface area contributed by atoms with Crippen LogP contribution in [0.1, 0.15) is 53.4 Å². The van der Waals surface area contributed by atoms with Gasteiger partial charge in [-0.3, -0.25) is 0 Å². The van der Waals surface area contributed by atoms with E-state index in [1.807, 2.05) is 25.7 Å². The van der Waals surface area contributed by atoms with E-state index in [4.69, 9.17) is 11.2 Å². The number of hydrogen-bond acceptors (Lipinski definition) is 3. The van der Waals surface area contributed by atoms with Crippen LogP contribution in [0.25, 0.3) is 0 Å².